The molecule has 0 amide bonds. The van der Waals surface area contributed by atoms with Crippen LogP contribution in [-0.2, 0) is 0 Å². The van der Waals surface area contributed by atoms with Crippen molar-refractivity contribution in [1.82, 2.24) is 0 Å². The molecule has 1 aromatic carbocycles. The molecule has 2 aromatic rings. The van der Waals surface area contributed by atoms with E-state index in [0.29, 0.717) is 19.1 Å². The van der Waals surface area contributed by atoms with Crippen molar-refractivity contribution in [2.75, 3.05) is 13.2 Å². The summed E-state index contributed by atoms with van der Waals surface area (Å²) in [6.07, 6.45) is 1.78. The molecule has 3 nitrogen and oxygen atoms in total. The fraction of sp³-hybridized carbons (Fsp3) is 0.375. The number of rotatable bonds is 2. The Morgan fingerprint density at radius 3 is 2.55 bits per heavy atom. The van der Waals surface area contributed by atoms with Crippen LogP contribution in [0, 0.1) is 12.8 Å². The number of hydrogen-bond acceptors (Lipinski definition) is 3. The maximum atomic E-state index is 5.82. The maximum absolute atomic E-state index is 5.82. The predicted molar refractivity (Wildman–Crippen MR) is 80.8 cm³/mol. The summed E-state index contributed by atoms with van der Waals surface area (Å²) in [4.78, 5) is 0.0922. The van der Waals surface area contributed by atoms with E-state index in [2.05, 4.69) is 28.9 Å². The summed E-state index contributed by atoms with van der Waals surface area (Å²) in [6.45, 7) is 5.45. The minimum Gasteiger partial charge on any atom is -0.489 e. The Labute approximate surface area is 127 Å². The van der Waals surface area contributed by atoms with Crippen LogP contribution >= 0.6 is 15.9 Å². The third-order valence-corrected chi connectivity index (χ3v) is 4.41. The van der Waals surface area contributed by atoms with Gasteiger partial charge in [-0.1, -0.05) is 28.9 Å². The average Bonchev–Trinajstić information content (AvgIpc) is 2.80. The molecule has 2 atom stereocenters. The highest BCUT2D eigenvalue weighted by Crippen LogP contribution is 2.38. The van der Waals surface area contributed by atoms with E-state index >= 15 is 0 Å². The number of aryl methyl sites for hydroxylation is 1. The van der Waals surface area contributed by atoms with Gasteiger partial charge in [-0.15, -0.1) is 0 Å². The average molecular weight is 337 g/mol. The molecule has 2 unspecified atom stereocenters. The van der Waals surface area contributed by atoms with E-state index in [-0.39, 0.29) is 4.83 Å². The summed E-state index contributed by atoms with van der Waals surface area (Å²) < 4.78 is 16.9. The molecule has 0 spiro atoms. The zero-order chi connectivity index (χ0) is 14.1. The molecule has 0 saturated heterocycles. The molecule has 0 radical (unpaired) electrons. The lowest BCUT2D eigenvalue weighted by Crippen LogP contribution is -2.12. The van der Waals surface area contributed by atoms with Crippen molar-refractivity contribution in [3.05, 3.63) is 47.4 Å². The van der Waals surface area contributed by atoms with Gasteiger partial charge in [-0.2, -0.15) is 0 Å². The summed E-state index contributed by atoms with van der Waals surface area (Å²) in [5.41, 5.74) is 2.23. The van der Waals surface area contributed by atoms with Crippen LogP contribution in [0.5, 0.6) is 11.5 Å². The lowest BCUT2D eigenvalue weighted by Gasteiger charge is -2.12. The Balaban J connectivity index is 1.88. The third-order valence-electron chi connectivity index (χ3n) is 3.35. The number of halogens is 1. The monoisotopic (exact) mass is 336 g/mol. The lowest BCUT2D eigenvalue weighted by atomic mass is 10.1. The molecule has 1 aromatic heterocycles. The minimum atomic E-state index is 0.0922. The predicted octanol–water partition coefficient (Wildman–Crippen LogP) is 4.48. The van der Waals surface area contributed by atoms with Crippen LogP contribution in [-0.4, -0.2) is 13.2 Å². The zero-order valence-corrected chi connectivity index (χ0v) is 13.1. The number of ether oxygens (including phenoxy) is 2. The van der Waals surface area contributed by atoms with Gasteiger partial charge in [-0.25, -0.2) is 0 Å². The Kier molecular flexibility index (Phi) is 3.74. The van der Waals surface area contributed by atoms with Gasteiger partial charge in [0, 0.05) is 11.5 Å². The number of hydrogen-bond donors (Lipinski definition) is 0. The second-order valence-electron chi connectivity index (χ2n) is 5.29. The molecule has 0 bridgehead atoms. The van der Waals surface area contributed by atoms with Crippen molar-refractivity contribution in [3.63, 3.8) is 0 Å². The molecule has 0 N–H and O–H groups in total. The molecule has 0 aliphatic carbocycles. The fourth-order valence-corrected chi connectivity index (χ4v) is 2.74. The van der Waals surface area contributed by atoms with Gasteiger partial charge in [-0.3, -0.25) is 0 Å². The second kappa shape index (κ2) is 5.52. The summed E-state index contributed by atoms with van der Waals surface area (Å²) in [7, 11) is 0. The van der Waals surface area contributed by atoms with Crippen LogP contribution in [0.3, 0.4) is 0 Å². The van der Waals surface area contributed by atoms with Crippen LogP contribution < -0.4 is 9.47 Å². The van der Waals surface area contributed by atoms with Crippen molar-refractivity contribution in [3.8, 4) is 11.5 Å². The summed E-state index contributed by atoms with van der Waals surface area (Å²) in [6, 6.07) is 8.10. The molecule has 0 saturated carbocycles. The van der Waals surface area contributed by atoms with Crippen LogP contribution in [0.1, 0.15) is 28.6 Å². The third kappa shape index (κ3) is 2.70. The Morgan fingerprint density at radius 1 is 1.10 bits per heavy atom. The summed E-state index contributed by atoms with van der Waals surface area (Å²) >= 11 is 3.71. The molecule has 0 fully saturated rings. The molecule has 4 heteroatoms. The minimum absolute atomic E-state index is 0.0922. The fourth-order valence-electron chi connectivity index (χ4n) is 2.22. The molecular weight excluding hydrogens is 320 g/mol. The lowest BCUT2D eigenvalue weighted by molar-refractivity contribution is 0.228. The topological polar surface area (TPSA) is 31.6 Å². The first-order valence-corrected chi connectivity index (χ1v) is 7.63. The second-order valence-corrected chi connectivity index (χ2v) is 6.20. The highest BCUT2D eigenvalue weighted by atomic mass is 79.9. The van der Waals surface area contributed by atoms with Crippen LogP contribution in [0.25, 0.3) is 0 Å². The first-order valence-electron chi connectivity index (χ1n) is 6.72. The van der Waals surface area contributed by atoms with Gasteiger partial charge in [0.05, 0.1) is 24.3 Å². The Bertz CT molecular complexity index is 606. The highest BCUT2D eigenvalue weighted by Gasteiger charge is 2.19. The van der Waals surface area contributed by atoms with E-state index in [1.54, 1.807) is 6.26 Å². The van der Waals surface area contributed by atoms with Crippen LogP contribution in [0.15, 0.2) is 34.9 Å². The number of furan rings is 1. The van der Waals surface area contributed by atoms with Crippen molar-refractivity contribution in [1.29, 1.82) is 0 Å². The molecule has 106 valence electrons. The molecule has 2 heterocycles. The Hall–Kier alpha value is -1.42. The van der Waals surface area contributed by atoms with Crippen molar-refractivity contribution in [2.24, 2.45) is 5.92 Å². The molecular formula is C16H17BrO3. The first-order chi connectivity index (χ1) is 9.63. The highest BCUT2D eigenvalue weighted by molar-refractivity contribution is 9.09. The quantitative estimate of drug-likeness (QED) is 0.757. The largest absolute Gasteiger partial charge is 0.489 e. The van der Waals surface area contributed by atoms with Crippen molar-refractivity contribution < 1.29 is 13.9 Å². The molecule has 1 aliphatic heterocycles. The standard InChI is InChI=1S/C16H17BrO3/c1-10-7-19-14-4-3-12(6-15(14)20-8-10)16(17)13-5-11(2)18-9-13/h3-6,9-10,16H,7-8H2,1-2H3. The van der Waals surface area contributed by atoms with Crippen LogP contribution in [0.2, 0.25) is 0 Å². The molecule has 3 rings (SSSR count). The van der Waals surface area contributed by atoms with Gasteiger partial charge in [-0.05, 0) is 30.7 Å². The van der Waals surface area contributed by atoms with Gasteiger partial charge >= 0.3 is 0 Å². The Morgan fingerprint density at radius 2 is 1.85 bits per heavy atom. The number of benzene rings is 1. The summed E-state index contributed by atoms with van der Waals surface area (Å²) in [5, 5.41) is 0. The van der Waals surface area contributed by atoms with E-state index in [4.69, 9.17) is 13.9 Å². The van der Waals surface area contributed by atoms with Crippen molar-refractivity contribution in [2.45, 2.75) is 18.7 Å². The van der Waals surface area contributed by atoms with E-state index < -0.39 is 0 Å². The van der Waals surface area contributed by atoms with E-state index in [1.165, 1.54) is 0 Å². The van der Waals surface area contributed by atoms with E-state index in [9.17, 15) is 0 Å². The maximum Gasteiger partial charge on any atom is 0.161 e. The van der Waals surface area contributed by atoms with E-state index in [1.807, 2.05) is 25.1 Å². The normalized spacial score (nSPS) is 19.4. The first kappa shape index (κ1) is 13.6. The van der Waals surface area contributed by atoms with Crippen molar-refractivity contribution >= 4 is 15.9 Å². The number of alkyl halides is 1. The molecule has 20 heavy (non-hydrogen) atoms. The van der Waals surface area contributed by atoms with Gasteiger partial charge in [0.1, 0.15) is 5.76 Å². The van der Waals surface area contributed by atoms with Gasteiger partial charge in [0.2, 0.25) is 0 Å². The molecule has 1 aliphatic rings. The number of fused-ring (bicyclic) bond motifs is 1. The SMILES string of the molecule is Cc1cc(C(Br)c2ccc3c(c2)OCC(C)CO3)co1. The van der Waals surface area contributed by atoms with Gasteiger partial charge in [0.15, 0.2) is 11.5 Å². The summed E-state index contributed by atoms with van der Waals surface area (Å²) in [5.74, 6) is 2.95. The van der Waals surface area contributed by atoms with Gasteiger partial charge in [0.25, 0.3) is 0 Å². The zero-order valence-electron chi connectivity index (χ0n) is 11.6. The smallest absolute Gasteiger partial charge is 0.161 e. The van der Waals surface area contributed by atoms with Gasteiger partial charge < -0.3 is 13.9 Å². The van der Waals surface area contributed by atoms with Crippen LogP contribution in [0.4, 0.5) is 0 Å². The van der Waals surface area contributed by atoms with E-state index in [0.717, 1.165) is 28.4 Å².